The molecule has 21 heavy (non-hydrogen) atoms. The Morgan fingerprint density at radius 2 is 1.81 bits per heavy atom. The standard InChI is InChI=1S/C16H24O3.C2H6/c1-4-11-18-15(5-2)16(17)13(3)19-12-14-9-7-6-8-10-14;1-2/h5-10,13,15-17H,2,4,11-12H2,1,3H3;1-2H3/t13?,15?,16-;/m0./s1. The molecule has 0 saturated carbocycles. The van der Waals surface area contributed by atoms with Crippen LogP contribution in [0.1, 0.15) is 39.7 Å². The molecule has 1 rings (SSSR count). The Bertz CT molecular complexity index is 351. The summed E-state index contributed by atoms with van der Waals surface area (Å²) in [5.74, 6) is 0. The molecule has 0 bridgehead atoms. The molecular formula is C18H30O3. The number of ether oxygens (including phenoxy) is 2. The first-order valence-electron chi connectivity index (χ1n) is 7.76. The van der Waals surface area contributed by atoms with Crippen molar-refractivity contribution in [2.75, 3.05) is 6.61 Å². The summed E-state index contributed by atoms with van der Waals surface area (Å²) >= 11 is 0. The van der Waals surface area contributed by atoms with Crippen molar-refractivity contribution in [1.82, 2.24) is 0 Å². The number of rotatable bonds is 9. The van der Waals surface area contributed by atoms with Crippen LogP contribution in [0.4, 0.5) is 0 Å². The van der Waals surface area contributed by atoms with E-state index in [-0.39, 0.29) is 12.2 Å². The van der Waals surface area contributed by atoms with Crippen LogP contribution in [0.25, 0.3) is 0 Å². The summed E-state index contributed by atoms with van der Waals surface area (Å²) in [7, 11) is 0. The molecule has 0 saturated heterocycles. The van der Waals surface area contributed by atoms with E-state index in [1.807, 2.05) is 58.0 Å². The van der Waals surface area contributed by atoms with Crippen LogP contribution < -0.4 is 0 Å². The van der Waals surface area contributed by atoms with Gasteiger partial charge < -0.3 is 14.6 Å². The zero-order valence-corrected chi connectivity index (χ0v) is 13.8. The van der Waals surface area contributed by atoms with Gasteiger partial charge in [0.1, 0.15) is 12.2 Å². The van der Waals surface area contributed by atoms with Gasteiger partial charge in [-0.1, -0.05) is 57.2 Å². The van der Waals surface area contributed by atoms with Gasteiger partial charge >= 0.3 is 0 Å². The van der Waals surface area contributed by atoms with Gasteiger partial charge in [-0.3, -0.25) is 0 Å². The van der Waals surface area contributed by atoms with Crippen molar-refractivity contribution < 1.29 is 14.6 Å². The van der Waals surface area contributed by atoms with E-state index in [1.165, 1.54) is 0 Å². The van der Waals surface area contributed by atoms with Gasteiger partial charge in [0, 0.05) is 6.61 Å². The maximum atomic E-state index is 10.2. The lowest BCUT2D eigenvalue weighted by Crippen LogP contribution is -2.37. The quantitative estimate of drug-likeness (QED) is 0.701. The van der Waals surface area contributed by atoms with Crippen LogP contribution >= 0.6 is 0 Å². The molecule has 1 aromatic rings. The highest BCUT2D eigenvalue weighted by Gasteiger charge is 2.23. The normalized spacial score (nSPS) is 14.5. The van der Waals surface area contributed by atoms with Crippen LogP contribution in [0.5, 0.6) is 0 Å². The lowest BCUT2D eigenvalue weighted by Gasteiger charge is -2.25. The fourth-order valence-corrected chi connectivity index (χ4v) is 1.73. The first kappa shape index (κ1) is 19.8. The van der Waals surface area contributed by atoms with Gasteiger partial charge in [-0.05, 0) is 18.9 Å². The van der Waals surface area contributed by atoms with Crippen molar-refractivity contribution in [3.8, 4) is 0 Å². The van der Waals surface area contributed by atoms with E-state index in [0.717, 1.165) is 12.0 Å². The molecule has 120 valence electrons. The number of benzene rings is 1. The molecule has 3 nitrogen and oxygen atoms in total. The SMILES string of the molecule is C=CC(OCCC)[C@@H](O)C(C)OCc1ccccc1.CC. The maximum absolute atomic E-state index is 10.2. The molecule has 0 fully saturated rings. The molecule has 3 heteroatoms. The average molecular weight is 294 g/mol. The van der Waals surface area contributed by atoms with Crippen LogP contribution in [0, 0.1) is 0 Å². The molecule has 0 heterocycles. The Hall–Kier alpha value is -1.16. The fraction of sp³-hybridized carbons (Fsp3) is 0.556. The van der Waals surface area contributed by atoms with Crippen LogP contribution in [-0.4, -0.2) is 30.0 Å². The topological polar surface area (TPSA) is 38.7 Å². The summed E-state index contributed by atoms with van der Waals surface area (Å²) in [6, 6.07) is 9.90. The minimum Gasteiger partial charge on any atom is -0.387 e. The molecule has 1 aromatic carbocycles. The number of hydrogen-bond acceptors (Lipinski definition) is 3. The second-order valence-corrected chi connectivity index (χ2v) is 4.56. The average Bonchev–Trinajstić information content (AvgIpc) is 2.56. The van der Waals surface area contributed by atoms with Crippen molar-refractivity contribution in [1.29, 1.82) is 0 Å². The molecule has 0 aliphatic rings. The second-order valence-electron chi connectivity index (χ2n) is 4.56. The van der Waals surface area contributed by atoms with Gasteiger partial charge in [-0.15, -0.1) is 6.58 Å². The lowest BCUT2D eigenvalue weighted by atomic mass is 10.1. The van der Waals surface area contributed by atoms with Crippen LogP contribution in [0.2, 0.25) is 0 Å². The van der Waals surface area contributed by atoms with Crippen LogP contribution in [-0.2, 0) is 16.1 Å². The molecule has 0 aliphatic heterocycles. The summed E-state index contributed by atoms with van der Waals surface area (Å²) in [5, 5.41) is 10.2. The first-order valence-corrected chi connectivity index (χ1v) is 7.76. The van der Waals surface area contributed by atoms with E-state index in [1.54, 1.807) is 6.08 Å². The summed E-state index contributed by atoms with van der Waals surface area (Å²) in [4.78, 5) is 0. The molecule has 0 aliphatic carbocycles. The fourth-order valence-electron chi connectivity index (χ4n) is 1.73. The summed E-state index contributed by atoms with van der Waals surface area (Å²) < 4.78 is 11.2. The highest BCUT2D eigenvalue weighted by molar-refractivity contribution is 5.13. The van der Waals surface area contributed by atoms with Gasteiger partial charge in [0.15, 0.2) is 0 Å². The molecule has 2 unspecified atom stereocenters. The number of aliphatic hydroxyl groups is 1. The van der Waals surface area contributed by atoms with Gasteiger partial charge in [0.05, 0.1) is 12.7 Å². The van der Waals surface area contributed by atoms with Crippen LogP contribution in [0.3, 0.4) is 0 Å². The van der Waals surface area contributed by atoms with E-state index in [4.69, 9.17) is 9.47 Å². The predicted molar refractivity (Wildman–Crippen MR) is 88.3 cm³/mol. The van der Waals surface area contributed by atoms with Gasteiger partial charge in [-0.25, -0.2) is 0 Å². The van der Waals surface area contributed by atoms with Gasteiger partial charge in [0.25, 0.3) is 0 Å². The van der Waals surface area contributed by atoms with Gasteiger partial charge in [0.2, 0.25) is 0 Å². The predicted octanol–water partition coefficient (Wildman–Crippen LogP) is 3.96. The summed E-state index contributed by atoms with van der Waals surface area (Å²) in [6.45, 7) is 12.7. The zero-order valence-electron chi connectivity index (χ0n) is 13.8. The second kappa shape index (κ2) is 12.6. The van der Waals surface area contributed by atoms with Crippen molar-refractivity contribution in [2.24, 2.45) is 0 Å². The minimum atomic E-state index is -0.701. The molecule has 1 N–H and O–H groups in total. The molecule has 0 amide bonds. The Kier molecular flexibility index (Phi) is 11.9. The lowest BCUT2D eigenvalue weighted by molar-refractivity contribution is -0.0936. The van der Waals surface area contributed by atoms with Crippen molar-refractivity contribution in [3.05, 3.63) is 48.6 Å². The Balaban J connectivity index is 0.00000191. The highest BCUT2D eigenvalue weighted by Crippen LogP contribution is 2.11. The van der Waals surface area contributed by atoms with E-state index >= 15 is 0 Å². The van der Waals surface area contributed by atoms with Crippen molar-refractivity contribution in [3.63, 3.8) is 0 Å². The third-order valence-electron chi connectivity index (χ3n) is 2.92. The largest absolute Gasteiger partial charge is 0.387 e. The maximum Gasteiger partial charge on any atom is 0.110 e. The number of aliphatic hydroxyl groups excluding tert-OH is 1. The summed E-state index contributed by atoms with van der Waals surface area (Å²) in [6.07, 6.45) is 1.15. The van der Waals surface area contributed by atoms with E-state index in [9.17, 15) is 5.11 Å². The minimum absolute atomic E-state index is 0.305. The first-order chi connectivity index (χ1) is 10.2. The van der Waals surface area contributed by atoms with E-state index in [2.05, 4.69) is 6.58 Å². The van der Waals surface area contributed by atoms with Crippen molar-refractivity contribution >= 4 is 0 Å². The zero-order chi connectivity index (χ0) is 16.1. The third kappa shape index (κ3) is 8.00. The Morgan fingerprint density at radius 1 is 1.19 bits per heavy atom. The van der Waals surface area contributed by atoms with Crippen LogP contribution in [0.15, 0.2) is 43.0 Å². The van der Waals surface area contributed by atoms with Crippen molar-refractivity contribution in [2.45, 2.75) is 59.0 Å². The third-order valence-corrected chi connectivity index (χ3v) is 2.92. The van der Waals surface area contributed by atoms with E-state index < -0.39 is 6.10 Å². The summed E-state index contributed by atoms with van der Waals surface area (Å²) in [5.41, 5.74) is 1.09. The molecular weight excluding hydrogens is 264 g/mol. The Labute approximate surface area is 129 Å². The smallest absolute Gasteiger partial charge is 0.110 e. The molecule has 0 aromatic heterocycles. The monoisotopic (exact) mass is 294 g/mol. The number of hydrogen-bond donors (Lipinski definition) is 1. The highest BCUT2D eigenvalue weighted by atomic mass is 16.5. The van der Waals surface area contributed by atoms with E-state index in [0.29, 0.717) is 13.2 Å². The Morgan fingerprint density at radius 3 is 2.33 bits per heavy atom. The van der Waals surface area contributed by atoms with Gasteiger partial charge in [-0.2, -0.15) is 0 Å². The molecule has 0 radical (unpaired) electrons. The molecule has 3 atom stereocenters. The molecule has 0 spiro atoms.